The first-order chi connectivity index (χ1) is 11.6. The Balaban J connectivity index is 2.19. The number of nitrogens with zero attached hydrogens (tertiary/aromatic N) is 3. The van der Waals surface area contributed by atoms with Gasteiger partial charge in [-0.05, 0) is 6.92 Å². The highest BCUT2D eigenvalue weighted by Crippen LogP contribution is 2.41. The monoisotopic (exact) mass is 373 g/mol. The van der Waals surface area contributed by atoms with Crippen molar-refractivity contribution in [3.8, 4) is 0 Å². The molecular formula is C13H19N5O6S. The van der Waals surface area contributed by atoms with E-state index in [9.17, 15) is 23.7 Å². The van der Waals surface area contributed by atoms with Gasteiger partial charge in [-0.15, -0.1) is 0 Å². The summed E-state index contributed by atoms with van der Waals surface area (Å²) in [5.74, 6) is 0.0341. The molecule has 0 bridgehead atoms. The maximum atomic E-state index is 11.6. The molecule has 0 aromatic carbocycles. The minimum absolute atomic E-state index is 0.0341. The summed E-state index contributed by atoms with van der Waals surface area (Å²) in [7, 11) is -3.62. The van der Waals surface area contributed by atoms with Crippen LogP contribution in [0.3, 0.4) is 0 Å². The highest BCUT2D eigenvalue weighted by atomic mass is 32.2. The summed E-state index contributed by atoms with van der Waals surface area (Å²) in [5, 5.41) is 30.3. The van der Waals surface area contributed by atoms with Crippen LogP contribution in [0.5, 0.6) is 0 Å². The lowest BCUT2D eigenvalue weighted by molar-refractivity contribution is -0.0947. The van der Waals surface area contributed by atoms with Crippen molar-refractivity contribution in [3.63, 3.8) is 0 Å². The molecule has 2 aromatic rings. The molecule has 12 heteroatoms. The van der Waals surface area contributed by atoms with Crippen LogP contribution in [-0.2, 0) is 14.8 Å². The molecule has 1 aliphatic heterocycles. The van der Waals surface area contributed by atoms with Crippen LogP contribution in [-0.4, -0.2) is 68.9 Å². The highest BCUT2D eigenvalue weighted by molar-refractivity contribution is 7.92. The van der Waals surface area contributed by atoms with Crippen LogP contribution < -0.4 is 10.5 Å². The molecule has 3 heterocycles. The smallest absolute Gasteiger partial charge is 0.229 e. The molecule has 11 nitrogen and oxygen atoms in total. The van der Waals surface area contributed by atoms with Gasteiger partial charge in [0.05, 0.1) is 23.9 Å². The first-order valence-corrected chi connectivity index (χ1v) is 9.21. The largest absolute Gasteiger partial charge is 0.394 e. The van der Waals surface area contributed by atoms with Crippen LogP contribution in [0.2, 0.25) is 0 Å². The SMILES string of the molecule is CC1(O)C(O)C(CO)OC1n1cc(NS(C)(=O)=O)c2c(N)ncnc21. The van der Waals surface area contributed by atoms with E-state index >= 15 is 0 Å². The van der Waals surface area contributed by atoms with Crippen LogP contribution in [0.25, 0.3) is 11.0 Å². The van der Waals surface area contributed by atoms with Gasteiger partial charge in [0.2, 0.25) is 10.0 Å². The number of rotatable bonds is 4. The van der Waals surface area contributed by atoms with Crippen LogP contribution in [0.15, 0.2) is 12.5 Å². The van der Waals surface area contributed by atoms with Gasteiger partial charge in [0.1, 0.15) is 35.6 Å². The van der Waals surface area contributed by atoms with Crippen molar-refractivity contribution < 1.29 is 28.5 Å². The van der Waals surface area contributed by atoms with E-state index in [0.717, 1.165) is 6.26 Å². The number of nitrogen functional groups attached to an aromatic ring is 1. The second-order valence-electron chi connectivity index (χ2n) is 6.16. The molecular weight excluding hydrogens is 354 g/mol. The number of hydrogen-bond donors (Lipinski definition) is 5. The molecule has 0 amide bonds. The lowest BCUT2D eigenvalue weighted by atomic mass is 9.96. The summed E-state index contributed by atoms with van der Waals surface area (Å²) in [6.07, 6.45) is 0.00821. The van der Waals surface area contributed by atoms with Gasteiger partial charge in [0.25, 0.3) is 0 Å². The van der Waals surface area contributed by atoms with E-state index in [1.165, 1.54) is 24.0 Å². The number of aliphatic hydroxyl groups is 3. The van der Waals surface area contributed by atoms with Gasteiger partial charge in [-0.3, -0.25) is 4.72 Å². The molecule has 0 spiro atoms. The fourth-order valence-corrected chi connectivity index (χ4v) is 3.51. The van der Waals surface area contributed by atoms with Crippen molar-refractivity contribution in [3.05, 3.63) is 12.5 Å². The van der Waals surface area contributed by atoms with Gasteiger partial charge in [-0.2, -0.15) is 0 Å². The van der Waals surface area contributed by atoms with Gasteiger partial charge < -0.3 is 30.4 Å². The quantitative estimate of drug-likeness (QED) is 0.422. The van der Waals surface area contributed by atoms with E-state index in [2.05, 4.69) is 14.7 Å². The normalized spacial score (nSPS) is 30.0. The summed E-state index contributed by atoms with van der Waals surface area (Å²) >= 11 is 0. The first-order valence-electron chi connectivity index (χ1n) is 7.32. The molecule has 1 fully saturated rings. The number of nitrogens with two attached hydrogens (primary N) is 1. The standard InChI is InChI=1S/C13H19N5O6S/c1-13(21)9(20)7(4-19)24-12(13)18-3-6(17-25(2,22)23)8-10(14)15-5-16-11(8)18/h3,5,7,9,12,17,19-21H,4H2,1-2H3,(H2,14,15,16). The Kier molecular flexibility index (Phi) is 4.12. The Morgan fingerprint density at radius 1 is 1.48 bits per heavy atom. The molecule has 4 unspecified atom stereocenters. The fraction of sp³-hybridized carbons (Fsp3) is 0.538. The van der Waals surface area contributed by atoms with E-state index in [1.54, 1.807) is 0 Å². The lowest BCUT2D eigenvalue weighted by Gasteiger charge is -2.27. The average Bonchev–Trinajstić information content (AvgIpc) is 2.95. The molecule has 0 saturated carbocycles. The predicted molar refractivity (Wildman–Crippen MR) is 88.0 cm³/mol. The van der Waals surface area contributed by atoms with Crippen molar-refractivity contribution >= 4 is 32.6 Å². The second kappa shape index (κ2) is 5.78. The number of sulfonamides is 1. The van der Waals surface area contributed by atoms with E-state index in [4.69, 9.17) is 10.5 Å². The maximum Gasteiger partial charge on any atom is 0.229 e. The molecule has 0 radical (unpaired) electrons. The van der Waals surface area contributed by atoms with Gasteiger partial charge >= 0.3 is 0 Å². The number of aliphatic hydroxyl groups excluding tert-OH is 2. The fourth-order valence-electron chi connectivity index (χ4n) is 2.95. The van der Waals surface area contributed by atoms with Crippen LogP contribution >= 0.6 is 0 Å². The number of anilines is 2. The van der Waals surface area contributed by atoms with Crippen molar-refractivity contribution in [1.82, 2.24) is 14.5 Å². The number of fused-ring (bicyclic) bond motifs is 1. The first kappa shape index (κ1) is 17.8. The molecule has 6 N–H and O–H groups in total. The Morgan fingerprint density at radius 2 is 2.16 bits per heavy atom. The van der Waals surface area contributed by atoms with Gasteiger partial charge in [-0.25, -0.2) is 18.4 Å². The third-order valence-corrected chi connectivity index (χ3v) is 4.71. The van der Waals surface area contributed by atoms with Gasteiger partial charge in [0, 0.05) is 6.20 Å². The molecule has 1 aliphatic rings. The number of nitrogens with one attached hydrogen (secondary N) is 1. The molecule has 0 aliphatic carbocycles. The maximum absolute atomic E-state index is 11.6. The molecule has 3 rings (SSSR count). The van der Waals surface area contributed by atoms with Crippen LogP contribution in [0.1, 0.15) is 13.2 Å². The van der Waals surface area contributed by atoms with Crippen LogP contribution in [0.4, 0.5) is 11.5 Å². The third-order valence-electron chi connectivity index (χ3n) is 4.12. The van der Waals surface area contributed by atoms with E-state index in [1.807, 2.05) is 0 Å². The number of hydrogen-bond acceptors (Lipinski definition) is 9. The second-order valence-corrected chi connectivity index (χ2v) is 7.91. The molecule has 2 aromatic heterocycles. The van der Waals surface area contributed by atoms with Gasteiger partial charge in [0.15, 0.2) is 6.23 Å². The Morgan fingerprint density at radius 3 is 2.72 bits per heavy atom. The number of aromatic nitrogens is 3. The zero-order chi connectivity index (χ0) is 18.6. The van der Waals surface area contributed by atoms with Crippen LogP contribution in [0, 0.1) is 0 Å². The van der Waals surface area contributed by atoms with Crippen molar-refractivity contribution in [2.24, 2.45) is 0 Å². The Bertz CT molecular complexity index is 911. The summed E-state index contributed by atoms with van der Waals surface area (Å²) in [6.45, 7) is 0.844. The zero-order valence-electron chi connectivity index (χ0n) is 13.5. The number of ether oxygens (including phenoxy) is 1. The summed E-state index contributed by atoms with van der Waals surface area (Å²) in [6, 6.07) is 0. The molecule has 25 heavy (non-hydrogen) atoms. The Labute approximate surface area is 143 Å². The Hall–Kier alpha value is -1.99. The van der Waals surface area contributed by atoms with E-state index in [0.29, 0.717) is 0 Å². The summed E-state index contributed by atoms with van der Waals surface area (Å²) in [4.78, 5) is 7.93. The molecule has 138 valence electrons. The van der Waals surface area contributed by atoms with Crippen molar-refractivity contribution in [2.45, 2.75) is 31.0 Å². The topological polar surface area (TPSA) is 173 Å². The van der Waals surface area contributed by atoms with E-state index < -0.39 is 40.7 Å². The average molecular weight is 373 g/mol. The summed E-state index contributed by atoms with van der Waals surface area (Å²) in [5.41, 5.74) is 4.39. The van der Waals surface area contributed by atoms with E-state index in [-0.39, 0.29) is 22.5 Å². The van der Waals surface area contributed by atoms with Gasteiger partial charge in [-0.1, -0.05) is 0 Å². The minimum Gasteiger partial charge on any atom is -0.394 e. The lowest BCUT2D eigenvalue weighted by Crippen LogP contribution is -2.44. The minimum atomic E-state index is -3.62. The zero-order valence-corrected chi connectivity index (χ0v) is 14.3. The predicted octanol–water partition coefficient (Wildman–Crippen LogP) is -1.61. The third kappa shape index (κ3) is 2.91. The highest BCUT2D eigenvalue weighted by Gasteiger charge is 2.53. The van der Waals surface area contributed by atoms with Crippen molar-refractivity contribution in [2.75, 3.05) is 23.3 Å². The summed E-state index contributed by atoms with van der Waals surface area (Å²) < 4.78 is 32.4. The van der Waals surface area contributed by atoms with Crippen molar-refractivity contribution in [1.29, 1.82) is 0 Å². The molecule has 4 atom stereocenters. The molecule has 1 saturated heterocycles.